The number of nitrogens with one attached hydrogen (secondary N) is 1. The molecule has 2 fully saturated rings. The van der Waals surface area contributed by atoms with Gasteiger partial charge in [0.05, 0.1) is 6.10 Å². The van der Waals surface area contributed by atoms with Gasteiger partial charge in [-0.2, -0.15) is 0 Å². The van der Waals surface area contributed by atoms with Crippen LogP contribution in [0.25, 0.3) is 0 Å². The summed E-state index contributed by atoms with van der Waals surface area (Å²) in [7, 11) is 0. The monoisotopic (exact) mass is 284 g/mol. The Kier molecular flexibility index (Phi) is 4.86. The number of hydrogen-bond donors (Lipinski definition) is 3. The van der Waals surface area contributed by atoms with Gasteiger partial charge in [-0.1, -0.05) is 13.3 Å². The molecule has 1 saturated carbocycles. The Labute approximate surface area is 119 Å². The number of carboxylic acids is 1. The highest BCUT2D eigenvalue weighted by molar-refractivity contribution is 5.83. The van der Waals surface area contributed by atoms with E-state index in [4.69, 9.17) is 5.11 Å². The zero-order chi connectivity index (χ0) is 14.7. The molecule has 2 atom stereocenters. The van der Waals surface area contributed by atoms with E-state index in [0.717, 1.165) is 31.6 Å². The van der Waals surface area contributed by atoms with Gasteiger partial charge in [-0.25, -0.2) is 9.59 Å². The van der Waals surface area contributed by atoms with Gasteiger partial charge in [-0.05, 0) is 31.6 Å². The molecule has 1 aliphatic carbocycles. The molecule has 114 valence electrons. The number of nitrogens with zero attached hydrogens (tertiary/aromatic N) is 1. The molecular weight excluding hydrogens is 260 g/mol. The Morgan fingerprint density at radius 3 is 2.45 bits per heavy atom. The summed E-state index contributed by atoms with van der Waals surface area (Å²) in [5.41, 5.74) is 0. The van der Waals surface area contributed by atoms with Gasteiger partial charge in [0, 0.05) is 19.0 Å². The lowest BCUT2D eigenvalue weighted by molar-refractivity contribution is -0.141. The predicted molar refractivity (Wildman–Crippen MR) is 73.3 cm³/mol. The Morgan fingerprint density at radius 2 is 1.90 bits per heavy atom. The third-order valence-corrected chi connectivity index (χ3v) is 4.58. The van der Waals surface area contributed by atoms with Gasteiger partial charge in [-0.3, -0.25) is 0 Å². The van der Waals surface area contributed by atoms with E-state index in [1.54, 1.807) is 0 Å². The second-order valence-corrected chi connectivity index (χ2v) is 5.97. The number of carbonyl (C=O) groups excluding carboxylic acids is 1. The molecule has 1 aliphatic heterocycles. The largest absolute Gasteiger partial charge is 0.480 e. The number of β-amino-alcohol motifs (C(OH)–C–C–N with tert-alkyl or cyclic N) is 1. The molecular formula is C14H24N2O4. The third kappa shape index (κ3) is 3.42. The van der Waals surface area contributed by atoms with Gasteiger partial charge in [-0.15, -0.1) is 0 Å². The maximum atomic E-state index is 12.2. The molecule has 0 aromatic carbocycles. The summed E-state index contributed by atoms with van der Waals surface area (Å²) >= 11 is 0. The van der Waals surface area contributed by atoms with E-state index < -0.39 is 18.1 Å². The average Bonchev–Trinajstić information content (AvgIpc) is 2.82. The minimum Gasteiger partial charge on any atom is -0.480 e. The molecule has 2 rings (SSSR count). The Balaban J connectivity index is 1.87. The van der Waals surface area contributed by atoms with Crippen LogP contribution in [0.5, 0.6) is 0 Å². The Bertz CT molecular complexity index is 366. The number of carbonyl (C=O) groups is 2. The zero-order valence-electron chi connectivity index (χ0n) is 11.9. The van der Waals surface area contributed by atoms with Crippen LogP contribution in [0.1, 0.15) is 45.4 Å². The van der Waals surface area contributed by atoms with Gasteiger partial charge >= 0.3 is 12.0 Å². The van der Waals surface area contributed by atoms with E-state index in [2.05, 4.69) is 12.2 Å². The van der Waals surface area contributed by atoms with Crippen molar-refractivity contribution in [2.24, 2.45) is 5.92 Å². The molecule has 6 heteroatoms. The number of aliphatic hydroxyl groups is 1. The highest BCUT2D eigenvalue weighted by Gasteiger charge is 2.39. The van der Waals surface area contributed by atoms with Crippen molar-refractivity contribution in [3.8, 4) is 0 Å². The summed E-state index contributed by atoms with van der Waals surface area (Å²) in [6, 6.07) is -1.12. The quantitative estimate of drug-likeness (QED) is 0.726. The summed E-state index contributed by atoms with van der Waals surface area (Å²) < 4.78 is 0. The molecule has 6 nitrogen and oxygen atoms in total. The summed E-state index contributed by atoms with van der Waals surface area (Å²) in [6.45, 7) is 2.29. The fraction of sp³-hybridized carbons (Fsp3) is 0.857. The van der Waals surface area contributed by atoms with Gasteiger partial charge in [0.15, 0.2) is 0 Å². The predicted octanol–water partition coefficient (Wildman–Crippen LogP) is 1.18. The van der Waals surface area contributed by atoms with Crippen LogP contribution in [0.15, 0.2) is 0 Å². The van der Waals surface area contributed by atoms with E-state index >= 15 is 0 Å². The van der Waals surface area contributed by atoms with Crippen LogP contribution < -0.4 is 5.32 Å². The molecule has 0 bridgehead atoms. The van der Waals surface area contributed by atoms with Crippen molar-refractivity contribution in [2.45, 2.75) is 63.6 Å². The highest BCUT2D eigenvalue weighted by atomic mass is 16.4. The van der Waals surface area contributed by atoms with Crippen LogP contribution in [-0.4, -0.2) is 51.8 Å². The van der Waals surface area contributed by atoms with Crippen LogP contribution in [0.3, 0.4) is 0 Å². The van der Waals surface area contributed by atoms with Gasteiger partial charge in [0.1, 0.15) is 6.04 Å². The van der Waals surface area contributed by atoms with Crippen molar-refractivity contribution in [1.82, 2.24) is 10.2 Å². The first kappa shape index (κ1) is 15.1. The first-order chi connectivity index (χ1) is 9.51. The standard InChI is InChI=1S/C14H24N2O4/c1-2-9-3-5-10(6-4-9)15-14(20)16-8-11(17)7-12(16)13(18)19/h9-12,17H,2-8H2,1H3,(H,15,20)(H,18,19)/t9?,10?,11-,12-/m1/s1. The van der Waals surface area contributed by atoms with E-state index in [1.165, 1.54) is 11.3 Å². The number of likely N-dealkylation sites (tertiary alicyclic amines) is 1. The van der Waals surface area contributed by atoms with Crippen LogP contribution in [0, 0.1) is 5.92 Å². The van der Waals surface area contributed by atoms with Crippen LogP contribution in [0.4, 0.5) is 4.79 Å². The highest BCUT2D eigenvalue weighted by Crippen LogP contribution is 2.27. The van der Waals surface area contributed by atoms with Gasteiger partial charge in [0.2, 0.25) is 0 Å². The summed E-state index contributed by atoms with van der Waals surface area (Å²) in [4.78, 5) is 24.5. The molecule has 0 radical (unpaired) electrons. The molecule has 0 unspecified atom stereocenters. The summed E-state index contributed by atoms with van der Waals surface area (Å²) in [5.74, 6) is -0.296. The van der Waals surface area contributed by atoms with E-state index in [9.17, 15) is 14.7 Å². The molecule has 2 aliphatic rings. The van der Waals surface area contributed by atoms with E-state index in [0.29, 0.717) is 0 Å². The number of aliphatic carboxylic acids is 1. The van der Waals surface area contributed by atoms with Crippen molar-refractivity contribution < 1.29 is 19.8 Å². The number of rotatable bonds is 3. The topological polar surface area (TPSA) is 89.9 Å². The Hall–Kier alpha value is -1.30. The average molecular weight is 284 g/mol. The lowest BCUT2D eigenvalue weighted by Crippen LogP contribution is -2.49. The van der Waals surface area contributed by atoms with Crippen molar-refractivity contribution in [3.05, 3.63) is 0 Å². The van der Waals surface area contributed by atoms with Gasteiger partial charge < -0.3 is 20.4 Å². The van der Waals surface area contributed by atoms with E-state index in [-0.39, 0.29) is 25.0 Å². The molecule has 0 spiro atoms. The minimum atomic E-state index is -1.05. The molecule has 0 aromatic heterocycles. The second-order valence-electron chi connectivity index (χ2n) is 5.97. The first-order valence-electron chi connectivity index (χ1n) is 7.49. The fourth-order valence-corrected chi connectivity index (χ4v) is 3.24. The van der Waals surface area contributed by atoms with Gasteiger partial charge in [0.25, 0.3) is 0 Å². The van der Waals surface area contributed by atoms with Crippen molar-refractivity contribution in [2.75, 3.05) is 6.54 Å². The lowest BCUT2D eigenvalue weighted by atomic mass is 9.84. The normalized spacial score (nSPS) is 34.0. The molecule has 2 amide bonds. The molecule has 3 N–H and O–H groups in total. The maximum Gasteiger partial charge on any atom is 0.326 e. The zero-order valence-corrected chi connectivity index (χ0v) is 11.9. The summed E-state index contributed by atoms with van der Waals surface area (Å²) in [6.07, 6.45) is 4.71. The number of hydrogen-bond acceptors (Lipinski definition) is 3. The minimum absolute atomic E-state index is 0.104. The number of carboxylic acid groups (broad SMARTS) is 1. The molecule has 0 aromatic rings. The van der Waals surface area contributed by atoms with Crippen LogP contribution >= 0.6 is 0 Å². The lowest BCUT2D eigenvalue weighted by Gasteiger charge is -2.31. The molecule has 20 heavy (non-hydrogen) atoms. The van der Waals surface area contributed by atoms with Crippen molar-refractivity contribution in [1.29, 1.82) is 0 Å². The smallest absolute Gasteiger partial charge is 0.326 e. The molecule has 1 saturated heterocycles. The third-order valence-electron chi connectivity index (χ3n) is 4.58. The van der Waals surface area contributed by atoms with Crippen molar-refractivity contribution >= 4 is 12.0 Å². The second kappa shape index (κ2) is 6.43. The number of aliphatic hydroxyl groups excluding tert-OH is 1. The number of urea groups is 1. The van der Waals surface area contributed by atoms with E-state index in [1.807, 2.05) is 0 Å². The van der Waals surface area contributed by atoms with Crippen LogP contribution in [0.2, 0.25) is 0 Å². The maximum absolute atomic E-state index is 12.2. The molecule has 1 heterocycles. The summed E-state index contributed by atoms with van der Waals surface area (Å²) in [5, 5.41) is 21.6. The SMILES string of the molecule is CCC1CCC(NC(=O)N2C[C@H](O)C[C@@H]2C(=O)O)CC1. The number of amides is 2. The first-order valence-corrected chi connectivity index (χ1v) is 7.49. The van der Waals surface area contributed by atoms with Crippen LogP contribution in [-0.2, 0) is 4.79 Å². The fourth-order valence-electron chi connectivity index (χ4n) is 3.24. The van der Waals surface area contributed by atoms with Crippen molar-refractivity contribution in [3.63, 3.8) is 0 Å². The Morgan fingerprint density at radius 1 is 1.25 bits per heavy atom.